The van der Waals surface area contributed by atoms with Gasteiger partial charge in [-0.1, -0.05) is 0 Å². The van der Waals surface area contributed by atoms with Crippen LogP contribution in [0.3, 0.4) is 0 Å². The average Bonchev–Trinajstić information content (AvgIpc) is 3.14. The predicted octanol–water partition coefficient (Wildman–Crippen LogP) is 5.23. The van der Waals surface area contributed by atoms with E-state index in [-0.39, 0.29) is 24.8 Å². The van der Waals surface area contributed by atoms with Gasteiger partial charge in [-0.3, -0.25) is 0 Å². The molecule has 0 spiro atoms. The molecule has 0 aromatic heterocycles. The molecule has 0 radical (unpaired) electrons. The van der Waals surface area contributed by atoms with Crippen molar-refractivity contribution in [2.75, 3.05) is 0 Å². The molecule has 2 aliphatic carbocycles. The van der Waals surface area contributed by atoms with Crippen LogP contribution in [0.4, 0.5) is 0 Å². The van der Waals surface area contributed by atoms with Crippen molar-refractivity contribution >= 4 is 40.3 Å². The van der Waals surface area contributed by atoms with Crippen LogP contribution in [-0.2, 0) is 20.4 Å². The third kappa shape index (κ3) is 3.41. The topological polar surface area (TPSA) is 0 Å². The van der Waals surface area contributed by atoms with Gasteiger partial charge in [0.25, 0.3) is 0 Å². The summed E-state index contributed by atoms with van der Waals surface area (Å²) in [6.45, 7) is 0. The maximum absolute atomic E-state index is 2.34. The minimum absolute atomic E-state index is 0. The molecule has 0 heterocycles. The molecule has 115 valence electrons. The number of benzene rings is 2. The molecule has 2 aromatic carbocycles. The van der Waals surface area contributed by atoms with E-state index in [0.29, 0.717) is 5.92 Å². The molecule has 0 nitrogen and oxygen atoms in total. The molecule has 1 atom stereocenters. The minimum atomic E-state index is 0. The first-order chi connectivity index (χ1) is 10.3. The Morgan fingerprint density at radius 3 is 2.43 bits per heavy atom. The van der Waals surface area contributed by atoms with Crippen molar-refractivity contribution in [2.24, 2.45) is 0 Å². The monoisotopic (exact) mass is 375 g/mol. The van der Waals surface area contributed by atoms with Gasteiger partial charge in [0.1, 0.15) is 0 Å². The summed E-state index contributed by atoms with van der Waals surface area (Å²) in [5.41, 5.74) is 7.16. The molecule has 0 N–H and O–H groups in total. The van der Waals surface area contributed by atoms with Gasteiger partial charge in [-0.2, -0.15) is 0 Å². The fraction of sp³-hybridized carbons (Fsp3) is 0.100. The van der Waals surface area contributed by atoms with Crippen LogP contribution in [0.2, 0.25) is 0 Å². The summed E-state index contributed by atoms with van der Waals surface area (Å²) >= 11 is 2.19. The number of halogens is 2. The van der Waals surface area contributed by atoms with E-state index in [0.717, 1.165) is 6.42 Å². The van der Waals surface area contributed by atoms with Crippen LogP contribution in [-0.4, -0.2) is 0 Å². The Bertz CT molecular complexity index is 803. The van der Waals surface area contributed by atoms with Crippen molar-refractivity contribution < 1.29 is 20.4 Å². The average molecular weight is 376 g/mol. The van der Waals surface area contributed by atoms with Gasteiger partial charge in [-0.15, -0.1) is 24.8 Å². The summed E-state index contributed by atoms with van der Waals surface area (Å²) in [5, 5.41) is 0. The van der Waals surface area contributed by atoms with E-state index in [4.69, 9.17) is 0 Å². The van der Waals surface area contributed by atoms with Gasteiger partial charge in [0.05, 0.1) is 0 Å². The Kier molecular flexibility index (Phi) is 6.11. The van der Waals surface area contributed by atoms with Crippen LogP contribution in [0.1, 0.15) is 29.0 Å². The van der Waals surface area contributed by atoms with Crippen molar-refractivity contribution in [3.05, 3.63) is 89.0 Å². The van der Waals surface area contributed by atoms with E-state index in [2.05, 4.69) is 93.3 Å². The number of allylic oxidation sites excluding steroid dienone is 5. The standard InChI is InChI=1S/C20H15.2ClH.Ti/c1-2-6-15(7-3-1)17-10-11-18(14-17)20-13-12-16-8-4-5-9-19(16)20;;;/h1-6,8-13,20H,14H2;2*1H;. The molecule has 0 amide bonds. The Morgan fingerprint density at radius 2 is 1.61 bits per heavy atom. The zero-order valence-electron chi connectivity index (χ0n) is 12.5. The van der Waals surface area contributed by atoms with E-state index in [1.54, 1.807) is 0 Å². The summed E-state index contributed by atoms with van der Waals surface area (Å²) in [5.74, 6) is 0.457. The second-order valence-electron chi connectivity index (χ2n) is 5.62. The van der Waals surface area contributed by atoms with Gasteiger partial charge in [-0.25, -0.2) is 0 Å². The van der Waals surface area contributed by atoms with Crippen LogP contribution in [0.15, 0.2) is 72.3 Å². The summed E-state index contributed by atoms with van der Waals surface area (Å²) < 4.78 is 1.36. The van der Waals surface area contributed by atoms with E-state index in [9.17, 15) is 0 Å². The fourth-order valence-corrected chi connectivity index (χ4v) is 3.81. The van der Waals surface area contributed by atoms with E-state index in [1.165, 1.54) is 31.7 Å². The van der Waals surface area contributed by atoms with Crippen LogP contribution in [0.5, 0.6) is 0 Å². The first kappa shape index (κ1) is 18.3. The van der Waals surface area contributed by atoms with Crippen molar-refractivity contribution in [3.8, 4) is 0 Å². The Hall–Kier alpha value is -1.05. The second kappa shape index (κ2) is 7.68. The van der Waals surface area contributed by atoms with Gasteiger partial charge < -0.3 is 0 Å². The maximum atomic E-state index is 2.34. The van der Waals surface area contributed by atoms with E-state index in [1.807, 2.05) is 0 Å². The molecule has 2 aliphatic rings. The molecule has 0 saturated carbocycles. The Balaban J connectivity index is 0.000000960. The molecule has 2 aromatic rings. The number of hydrogen-bond donors (Lipinski definition) is 0. The van der Waals surface area contributed by atoms with Gasteiger partial charge in [0.15, 0.2) is 0 Å². The van der Waals surface area contributed by atoms with Gasteiger partial charge in [0.2, 0.25) is 0 Å². The van der Waals surface area contributed by atoms with Crippen LogP contribution in [0, 0.1) is 0 Å². The van der Waals surface area contributed by atoms with E-state index >= 15 is 0 Å². The zero-order chi connectivity index (χ0) is 14.2. The number of fused-ring (bicyclic) bond motifs is 1. The Morgan fingerprint density at radius 1 is 0.870 bits per heavy atom. The summed E-state index contributed by atoms with van der Waals surface area (Å²) in [7, 11) is 0. The molecular formula is C20H17Cl2Ti. The molecule has 0 fully saturated rings. The normalized spacial score (nSPS) is 17.6. The molecule has 23 heavy (non-hydrogen) atoms. The predicted molar refractivity (Wildman–Crippen MR) is 99.5 cm³/mol. The fourth-order valence-electron chi connectivity index (χ4n) is 3.28. The van der Waals surface area contributed by atoms with Gasteiger partial charge in [0, 0.05) is 0 Å². The van der Waals surface area contributed by atoms with Crippen LogP contribution < -0.4 is 3.87 Å². The molecule has 0 bridgehead atoms. The summed E-state index contributed by atoms with van der Waals surface area (Å²) in [6.07, 6.45) is 10.3. The first-order valence-corrected chi connectivity index (χ1v) is 8.09. The first-order valence-electron chi connectivity index (χ1n) is 7.31. The van der Waals surface area contributed by atoms with Crippen molar-refractivity contribution in [1.29, 1.82) is 0 Å². The van der Waals surface area contributed by atoms with E-state index < -0.39 is 0 Å². The third-order valence-corrected chi connectivity index (χ3v) is 5.05. The third-order valence-electron chi connectivity index (χ3n) is 4.36. The molecule has 0 aliphatic heterocycles. The molecule has 4 rings (SSSR count). The van der Waals surface area contributed by atoms with Crippen LogP contribution in [0.25, 0.3) is 11.6 Å². The van der Waals surface area contributed by atoms with Crippen molar-refractivity contribution in [1.82, 2.24) is 0 Å². The van der Waals surface area contributed by atoms with Crippen molar-refractivity contribution in [2.45, 2.75) is 12.3 Å². The second-order valence-corrected chi connectivity index (χ2v) is 6.46. The van der Waals surface area contributed by atoms with Gasteiger partial charge >= 0.3 is 137 Å². The molecule has 0 saturated heterocycles. The number of hydrogen-bond acceptors (Lipinski definition) is 0. The summed E-state index contributed by atoms with van der Waals surface area (Å²) in [6, 6.07) is 17.4. The van der Waals surface area contributed by atoms with Crippen molar-refractivity contribution in [3.63, 3.8) is 0 Å². The molecular weight excluding hydrogens is 359 g/mol. The SMILES string of the molecule is Cl.Cl.[Ti][c]1ccccc1C1=CC=C(C2C=Cc3ccccc32)C1. The summed E-state index contributed by atoms with van der Waals surface area (Å²) in [4.78, 5) is 0. The molecule has 1 unspecified atom stereocenters. The van der Waals surface area contributed by atoms with Crippen LogP contribution >= 0.6 is 24.8 Å². The zero-order valence-corrected chi connectivity index (χ0v) is 15.7. The van der Waals surface area contributed by atoms with Gasteiger partial charge in [-0.05, 0) is 0 Å². The number of rotatable bonds is 2. The molecule has 3 heteroatoms. The quantitative estimate of drug-likeness (QED) is 0.630. The Labute approximate surface area is 161 Å².